The van der Waals surface area contributed by atoms with Crippen LogP contribution in [0, 0.1) is 5.92 Å². The minimum Gasteiger partial charge on any atom is -0.378 e. The number of benzene rings is 2. The number of carbonyl (C=O) groups is 1. The van der Waals surface area contributed by atoms with Crippen molar-refractivity contribution in [2.24, 2.45) is 11.0 Å². The molecule has 23 heavy (non-hydrogen) atoms. The molecule has 118 valence electrons. The number of hydrogen-bond donors (Lipinski definition) is 0. The van der Waals surface area contributed by atoms with E-state index in [0.717, 1.165) is 22.6 Å². The van der Waals surface area contributed by atoms with Crippen LogP contribution in [0.1, 0.15) is 12.5 Å². The maximum Gasteiger partial charge on any atom is 0.256 e. The van der Waals surface area contributed by atoms with Gasteiger partial charge in [-0.2, -0.15) is 5.10 Å². The summed E-state index contributed by atoms with van der Waals surface area (Å²) in [5, 5.41) is 5.98. The van der Waals surface area contributed by atoms with E-state index >= 15 is 0 Å². The van der Waals surface area contributed by atoms with Crippen molar-refractivity contribution in [2.75, 3.05) is 24.0 Å². The molecule has 0 aliphatic carbocycles. The Balaban J connectivity index is 1.76. The molecule has 2 aromatic carbocycles. The monoisotopic (exact) mass is 307 g/mol. The van der Waals surface area contributed by atoms with Crippen LogP contribution in [-0.2, 0) is 11.2 Å². The highest BCUT2D eigenvalue weighted by molar-refractivity contribution is 6.14. The van der Waals surface area contributed by atoms with Gasteiger partial charge in [-0.15, -0.1) is 0 Å². The van der Waals surface area contributed by atoms with Crippen LogP contribution in [0.3, 0.4) is 0 Å². The zero-order chi connectivity index (χ0) is 16.4. The average Bonchev–Trinajstić information content (AvgIpc) is 2.84. The molecule has 0 fully saturated rings. The average molecular weight is 307 g/mol. The lowest BCUT2D eigenvalue weighted by molar-refractivity contribution is -0.119. The first-order valence-electron chi connectivity index (χ1n) is 7.76. The van der Waals surface area contributed by atoms with Crippen molar-refractivity contribution in [1.82, 2.24) is 0 Å². The van der Waals surface area contributed by atoms with Crippen LogP contribution in [-0.4, -0.2) is 25.7 Å². The molecular formula is C19H21N3O. The molecule has 4 nitrogen and oxygen atoms in total. The third kappa shape index (κ3) is 3.11. The topological polar surface area (TPSA) is 35.9 Å². The molecule has 1 heterocycles. The Kier molecular flexibility index (Phi) is 4.15. The van der Waals surface area contributed by atoms with E-state index < -0.39 is 0 Å². The van der Waals surface area contributed by atoms with Gasteiger partial charge in [0.1, 0.15) is 0 Å². The van der Waals surface area contributed by atoms with Gasteiger partial charge < -0.3 is 4.90 Å². The Hall–Kier alpha value is -2.62. The SMILES string of the molecule is CC1=NN(c2ccccc2)C(=O)[C@H]1Cc1ccc(N(C)C)cc1. The number of amides is 1. The molecule has 0 unspecified atom stereocenters. The molecule has 3 rings (SSSR count). The largest absolute Gasteiger partial charge is 0.378 e. The first-order chi connectivity index (χ1) is 11.1. The lowest BCUT2D eigenvalue weighted by atomic mass is 9.95. The van der Waals surface area contributed by atoms with Gasteiger partial charge in [-0.25, -0.2) is 5.01 Å². The van der Waals surface area contributed by atoms with Crippen molar-refractivity contribution in [1.29, 1.82) is 0 Å². The lowest BCUT2D eigenvalue weighted by Gasteiger charge is -2.15. The van der Waals surface area contributed by atoms with E-state index in [9.17, 15) is 4.79 Å². The molecule has 1 aliphatic heterocycles. The Morgan fingerprint density at radius 2 is 1.70 bits per heavy atom. The predicted molar refractivity (Wildman–Crippen MR) is 95.0 cm³/mol. The molecule has 1 atom stereocenters. The minimum atomic E-state index is -0.180. The first-order valence-corrected chi connectivity index (χ1v) is 7.76. The summed E-state index contributed by atoms with van der Waals surface area (Å²) in [5.74, 6) is -0.134. The van der Waals surface area contributed by atoms with Crippen LogP contribution in [0.4, 0.5) is 11.4 Å². The highest BCUT2D eigenvalue weighted by Gasteiger charge is 2.34. The van der Waals surface area contributed by atoms with Crippen LogP contribution in [0.25, 0.3) is 0 Å². The normalized spacial score (nSPS) is 17.3. The van der Waals surface area contributed by atoms with Gasteiger partial charge in [-0.05, 0) is 43.2 Å². The molecule has 4 heteroatoms. The number of nitrogens with zero attached hydrogens (tertiary/aromatic N) is 3. The molecule has 2 aromatic rings. The molecule has 0 bridgehead atoms. The van der Waals surface area contributed by atoms with E-state index in [1.807, 2.05) is 51.4 Å². The third-order valence-corrected chi connectivity index (χ3v) is 4.16. The molecule has 0 saturated carbocycles. The van der Waals surface area contributed by atoms with E-state index in [2.05, 4.69) is 34.3 Å². The fraction of sp³-hybridized carbons (Fsp3) is 0.263. The molecule has 1 amide bonds. The number of carbonyl (C=O) groups excluding carboxylic acids is 1. The standard InChI is InChI=1S/C19H21N3O/c1-14-18(13-15-9-11-16(12-10-15)21(2)3)19(23)22(20-14)17-7-5-4-6-8-17/h4-12,18H,13H2,1-3H3/t18-/m0/s1. The fourth-order valence-electron chi connectivity index (χ4n) is 2.76. The molecule has 0 radical (unpaired) electrons. The Labute approximate surface area is 137 Å². The maximum absolute atomic E-state index is 12.7. The summed E-state index contributed by atoms with van der Waals surface area (Å²) in [6, 6.07) is 17.9. The summed E-state index contributed by atoms with van der Waals surface area (Å²) in [6.45, 7) is 1.93. The third-order valence-electron chi connectivity index (χ3n) is 4.16. The van der Waals surface area contributed by atoms with Crippen LogP contribution in [0.2, 0.25) is 0 Å². The van der Waals surface area contributed by atoms with Crippen molar-refractivity contribution in [3.63, 3.8) is 0 Å². The molecule has 0 aromatic heterocycles. The molecule has 0 N–H and O–H groups in total. The van der Waals surface area contributed by atoms with Gasteiger partial charge in [-0.1, -0.05) is 30.3 Å². The summed E-state index contributed by atoms with van der Waals surface area (Å²) < 4.78 is 0. The van der Waals surface area contributed by atoms with Crippen LogP contribution < -0.4 is 9.91 Å². The number of anilines is 2. The summed E-state index contributed by atoms with van der Waals surface area (Å²) in [5.41, 5.74) is 4.00. The van der Waals surface area contributed by atoms with Gasteiger partial charge in [0.15, 0.2) is 0 Å². The molecule has 1 aliphatic rings. The highest BCUT2D eigenvalue weighted by atomic mass is 16.2. The van der Waals surface area contributed by atoms with Gasteiger partial charge in [0.25, 0.3) is 5.91 Å². The summed E-state index contributed by atoms with van der Waals surface area (Å²) in [4.78, 5) is 14.8. The van der Waals surface area contributed by atoms with E-state index in [-0.39, 0.29) is 11.8 Å². The zero-order valence-corrected chi connectivity index (χ0v) is 13.7. The van der Waals surface area contributed by atoms with E-state index in [1.54, 1.807) is 0 Å². The molecule has 0 spiro atoms. The number of hydrazone groups is 1. The van der Waals surface area contributed by atoms with Crippen molar-refractivity contribution < 1.29 is 4.79 Å². The van der Waals surface area contributed by atoms with Crippen molar-refractivity contribution in [3.8, 4) is 0 Å². The smallest absolute Gasteiger partial charge is 0.256 e. The number of rotatable bonds is 4. The van der Waals surface area contributed by atoms with Gasteiger partial charge >= 0.3 is 0 Å². The summed E-state index contributed by atoms with van der Waals surface area (Å²) in [7, 11) is 4.04. The van der Waals surface area contributed by atoms with Crippen LogP contribution >= 0.6 is 0 Å². The van der Waals surface area contributed by atoms with Crippen molar-refractivity contribution in [2.45, 2.75) is 13.3 Å². The Morgan fingerprint density at radius 3 is 2.30 bits per heavy atom. The van der Waals surface area contributed by atoms with Gasteiger partial charge in [-0.3, -0.25) is 4.79 Å². The number of para-hydroxylation sites is 1. The number of hydrogen-bond acceptors (Lipinski definition) is 3. The van der Waals surface area contributed by atoms with Crippen molar-refractivity contribution >= 4 is 23.0 Å². The fourth-order valence-corrected chi connectivity index (χ4v) is 2.76. The zero-order valence-electron chi connectivity index (χ0n) is 13.7. The Morgan fingerprint density at radius 1 is 1.04 bits per heavy atom. The van der Waals surface area contributed by atoms with Crippen LogP contribution in [0.5, 0.6) is 0 Å². The van der Waals surface area contributed by atoms with E-state index in [1.165, 1.54) is 5.01 Å². The summed E-state index contributed by atoms with van der Waals surface area (Å²) >= 11 is 0. The Bertz CT molecular complexity index is 720. The van der Waals surface area contributed by atoms with Crippen LogP contribution in [0.15, 0.2) is 59.7 Å². The second-order valence-corrected chi connectivity index (χ2v) is 6.04. The van der Waals surface area contributed by atoms with Gasteiger partial charge in [0, 0.05) is 25.5 Å². The van der Waals surface area contributed by atoms with Gasteiger partial charge in [0.05, 0.1) is 11.6 Å². The quantitative estimate of drug-likeness (QED) is 0.868. The molecule has 0 saturated heterocycles. The van der Waals surface area contributed by atoms with Gasteiger partial charge in [0.2, 0.25) is 0 Å². The molecular weight excluding hydrogens is 286 g/mol. The van der Waals surface area contributed by atoms with Crippen molar-refractivity contribution in [3.05, 3.63) is 60.2 Å². The second kappa shape index (κ2) is 6.24. The highest BCUT2D eigenvalue weighted by Crippen LogP contribution is 2.26. The summed E-state index contributed by atoms with van der Waals surface area (Å²) in [6.07, 6.45) is 0.686. The first kappa shape index (κ1) is 15.3. The lowest BCUT2D eigenvalue weighted by Crippen LogP contribution is -2.28. The second-order valence-electron chi connectivity index (χ2n) is 6.04. The van der Waals surface area contributed by atoms with E-state index in [4.69, 9.17) is 0 Å². The van der Waals surface area contributed by atoms with E-state index in [0.29, 0.717) is 6.42 Å². The predicted octanol–water partition coefficient (Wildman–Crippen LogP) is 3.33. The maximum atomic E-state index is 12.7. The minimum absolute atomic E-state index is 0.0467.